The Morgan fingerprint density at radius 2 is 1.56 bits per heavy atom. The van der Waals surface area contributed by atoms with E-state index >= 15 is 0 Å². The number of nitriles is 1. The highest BCUT2D eigenvalue weighted by Gasteiger charge is 2.43. The molecule has 3 rings (SSSR count). The number of aryl methyl sites for hydroxylation is 1. The van der Waals surface area contributed by atoms with Gasteiger partial charge in [-0.3, -0.25) is 4.79 Å². The molecule has 0 atom stereocenters. The second kappa shape index (κ2) is 14.7. The lowest BCUT2D eigenvalue weighted by atomic mass is 9.69. The van der Waals surface area contributed by atoms with Crippen molar-refractivity contribution < 1.29 is 9.53 Å². The van der Waals surface area contributed by atoms with E-state index < -0.39 is 5.41 Å². The maximum Gasteiger partial charge on any atom is 0.326 e. The highest BCUT2D eigenvalue weighted by molar-refractivity contribution is 5.80. The van der Waals surface area contributed by atoms with E-state index in [-0.39, 0.29) is 5.97 Å². The van der Waals surface area contributed by atoms with Crippen LogP contribution in [0.4, 0.5) is 0 Å². The molecule has 0 bridgehead atoms. The fourth-order valence-corrected chi connectivity index (χ4v) is 5.11. The van der Waals surface area contributed by atoms with Gasteiger partial charge < -0.3 is 4.74 Å². The van der Waals surface area contributed by atoms with Crippen molar-refractivity contribution in [1.82, 2.24) is 9.97 Å². The SMILES string of the molecule is CCCCCCCCc1cnc(-c2ccc(C3CCC(C#N)(C(=O)OCCCCC)CC3)cc2)nc1. The molecule has 194 valence electrons. The second-order valence-corrected chi connectivity index (χ2v) is 10.4. The molecule has 0 amide bonds. The van der Waals surface area contributed by atoms with Crippen LogP contribution in [0.25, 0.3) is 11.4 Å². The second-order valence-electron chi connectivity index (χ2n) is 10.4. The molecule has 5 heteroatoms. The number of rotatable bonds is 14. The number of hydrogen-bond donors (Lipinski definition) is 0. The Balaban J connectivity index is 1.49. The maximum atomic E-state index is 12.6. The van der Waals surface area contributed by atoms with Crippen molar-refractivity contribution in [3.05, 3.63) is 47.8 Å². The maximum absolute atomic E-state index is 12.6. The number of nitrogens with zero attached hydrogens (tertiary/aromatic N) is 3. The van der Waals surface area contributed by atoms with E-state index in [9.17, 15) is 10.1 Å². The van der Waals surface area contributed by atoms with Crippen LogP contribution in [-0.2, 0) is 16.0 Å². The lowest BCUT2D eigenvalue weighted by molar-refractivity contribution is -0.154. The van der Waals surface area contributed by atoms with E-state index in [1.807, 2.05) is 12.4 Å². The molecule has 0 unspecified atom stereocenters. The molecule has 1 aromatic heterocycles. The Hall–Kier alpha value is -2.74. The highest BCUT2D eigenvalue weighted by Crippen LogP contribution is 2.43. The molecule has 0 saturated heterocycles. The number of aromatic nitrogens is 2. The van der Waals surface area contributed by atoms with Crippen molar-refractivity contribution >= 4 is 5.97 Å². The van der Waals surface area contributed by atoms with Gasteiger partial charge in [0.05, 0.1) is 12.7 Å². The third kappa shape index (κ3) is 7.88. The molecule has 0 N–H and O–H groups in total. The van der Waals surface area contributed by atoms with E-state index in [1.165, 1.54) is 49.7 Å². The zero-order valence-electron chi connectivity index (χ0n) is 22.3. The van der Waals surface area contributed by atoms with E-state index in [1.54, 1.807) is 0 Å². The van der Waals surface area contributed by atoms with E-state index in [0.29, 0.717) is 25.4 Å². The van der Waals surface area contributed by atoms with Crippen molar-refractivity contribution in [1.29, 1.82) is 5.26 Å². The van der Waals surface area contributed by atoms with Gasteiger partial charge in [0, 0.05) is 18.0 Å². The largest absolute Gasteiger partial charge is 0.465 e. The van der Waals surface area contributed by atoms with Crippen molar-refractivity contribution in [3.63, 3.8) is 0 Å². The standard InChI is InChI=1S/C31H43N3O2/c1-3-5-7-8-9-10-12-25-22-33-29(34-23-25)28-15-13-26(14-16-28)27-17-19-31(24-32,20-18-27)30(35)36-21-11-6-4-2/h13-16,22-23,27H,3-12,17-21H2,1-2H3. The van der Waals surface area contributed by atoms with Crippen LogP contribution >= 0.6 is 0 Å². The van der Waals surface area contributed by atoms with Crippen molar-refractivity contribution in [2.75, 3.05) is 6.61 Å². The van der Waals surface area contributed by atoms with Crippen LogP contribution in [0.3, 0.4) is 0 Å². The monoisotopic (exact) mass is 489 g/mol. The number of unbranched alkanes of at least 4 members (excludes halogenated alkanes) is 7. The smallest absolute Gasteiger partial charge is 0.326 e. The van der Waals surface area contributed by atoms with Crippen molar-refractivity contribution in [3.8, 4) is 17.5 Å². The molecule has 1 aromatic carbocycles. The number of carbonyl (C=O) groups is 1. The van der Waals surface area contributed by atoms with Gasteiger partial charge in [-0.2, -0.15) is 5.26 Å². The summed E-state index contributed by atoms with van der Waals surface area (Å²) in [4.78, 5) is 21.8. The number of benzene rings is 1. The first kappa shape index (κ1) is 27.8. The molecule has 1 aliphatic rings. The fourth-order valence-electron chi connectivity index (χ4n) is 5.11. The summed E-state index contributed by atoms with van der Waals surface area (Å²) in [5.41, 5.74) is 2.50. The first-order chi connectivity index (χ1) is 17.6. The van der Waals surface area contributed by atoms with Crippen LogP contribution < -0.4 is 0 Å². The van der Waals surface area contributed by atoms with Crippen LogP contribution in [0.1, 0.15) is 114 Å². The van der Waals surface area contributed by atoms with Gasteiger partial charge in [-0.05, 0) is 62.0 Å². The molecule has 0 aliphatic heterocycles. The molecule has 36 heavy (non-hydrogen) atoms. The van der Waals surface area contributed by atoms with Gasteiger partial charge in [0.25, 0.3) is 0 Å². The number of ether oxygens (including phenoxy) is 1. The van der Waals surface area contributed by atoms with E-state index in [2.05, 4.69) is 54.2 Å². The van der Waals surface area contributed by atoms with Crippen LogP contribution in [-0.4, -0.2) is 22.5 Å². The van der Waals surface area contributed by atoms with Crippen molar-refractivity contribution in [2.24, 2.45) is 5.41 Å². The summed E-state index contributed by atoms with van der Waals surface area (Å²) in [6, 6.07) is 10.8. The van der Waals surface area contributed by atoms with Gasteiger partial charge in [-0.1, -0.05) is 83.1 Å². The molecule has 1 heterocycles. The third-order valence-electron chi connectivity index (χ3n) is 7.59. The topological polar surface area (TPSA) is 75.9 Å². The highest BCUT2D eigenvalue weighted by atomic mass is 16.5. The Morgan fingerprint density at radius 1 is 0.944 bits per heavy atom. The van der Waals surface area contributed by atoms with Gasteiger partial charge in [0.15, 0.2) is 11.2 Å². The lowest BCUT2D eigenvalue weighted by Gasteiger charge is -2.33. The Labute approximate surface area is 217 Å². The molecule has 1 fully saturated rings. The van der Waals surface area contributed by atoms with E-state index in [0.717, 1.165) is 49.9 Å². The minimum Gasteiger partial charge on any atom is -0.465 e. The summed E-state index contributed by atoms with van der Waals surface area (Å²) in [7, 11) is 0. The molecule has 0 spiro atoms. The van der Waals surface area contributed by atoms with Gasteiger partial charge in [-0.15, -0.1) is 0 Å². The predicted octanol–water partition coefficient (Wildman–Crippen LogP) is 7.95. The summed E-state index contributed by atoms with van der Waals surface area (Å²) >= 11 is 0. The van der Waals surface area contributed by atoms with Gasteiger partial charge in [0.1, 0.15) is 0 Å². The average Bonchev–Trinajstić information content (AvgIpc) is 2.93. The molecule has 2 aromatic rings. The molecule has 0 radical (unpaired) electrons. The Bertz CT molecular complexity index is 955. The number of carbonyl (C=O) groups excluding carboxylic acids is 1. The molecular weight excluding hydrogens is 446 g/mol. The van der Waals surface area contributed by atoms with Crippen molar-refractivity contribution in [2.45, 2.75) is 110 Å². The van der Waals surface area contributed by atoms with E-state index in [4.69, 9.17) is 4.74 Å². The molecule has 1 saturated carbocycles. The Kier molecular flexibility index (Phi) is 11.4. The predicted molar refractivity (Wildman–Crippen MR) is 144 cm³/mol. The summed E-state index contributed by atoms with van der Waals surface area (Å²) in [5.74, 6) is 0.784. The first-order valence-electron chi connectivity index (χ1n) is 14.1. The summed E-state index contributed by atoms with van der Waals surface area (Å²) in [6.45, 7) is 4.79. The number of esters is 1. The summed E-state index contributed by atoms with van der Waals surface area (Å²) < 4.78 is 5.46. The zero-order chi connectivity index (χ0) is 25.6. The Morgan fingerprint density at radius 3 is 2.19 bits per heavy atom. The summed E-state index contributed by atoms with van der Waals surface area (Å²) in [6.07, 6.45) is 18.5. The molecule has 5 nitrogen and oxygen atoms in total. The number of hydrogen-bond acceptors (Lipinski definition) is 5. The van der Waals surface area contributed by atoms with Gasteiger partial charge in [-0.25, -0.2) is 9.97 Å². The molecular formula is C31H43N3O2. The van der Waals surface area contributed by atoms with Crippen LogP contribution in [0.5, 0.6) is 0 Å². The normalized spacial score (nSPS) is 19.5. The first-order valence-corrected chi connectivity index (χ1v) is 14.1. The fraction of sp³-hybridized carbons (Fsp3) is 0.613. The van der Waals surface area contributed by atoms with Gasteiger partial charge >= 0.3 is 5.97 Å². The zero-order valence-corrected chi connectivity index (χ0v) is 22.3. The minimum absolute atomic E-state index is 0.327. The van der Waals surface area contributed by atoms with Crippen LogP contribution in [0.2, 0.25) is 0 Å². The van der Waals surface area contributed by atoms with Crippen LogP contribution in [0, 0.1) is 16.7 Å². The lowest BCUT2D eigenvalue weighted by Crippen LogP contribution is -2.35. The van der Waals surface area contributed by atoms with Gasteiger partial charge in [0.2, 0.25) is 0 Å². The summed E-state index contributed by atoms with van der Waals surface area (Å²) in [5, 5.41) is 9.78. The minimum atomic E-state index is -0.978. The van der Waals surface area contributed by atoms with Crippen LogP contribution in [0.15, 0.2) is 36.7 Å². The third-order valence-corrected chi connectivity index (χ3v) is 7.59. The molecule has 1 aliphatic carbocycles. The average molecular weight is 490 g/mol. The quantitative estimate of drug-likeness (QED) is 0.199.